The number of likely N-dealkylation sites (tertiary alicyclic amines) is 1. The summed E-state index contributed by atoms with van der Waals surface area (Å²) in [5.41, 5.74) is 0. The molecule has 5 nitrogen and oxygen atoms in total. The van der Waals surface area contributed by atoms with E-state index < -0.39 is 24.0 Å². The van der Waals surface area contributed by atoms with Crippen LogP contribution in [0.2, 0.25) is 0 Å². The van der Waals surface area contributed by atoms with E-state index in [0.29, 0.717) is 13.0 Å². The highest BCUT2D eigenvalue weighted by molar-refractivity contribution is 5.94. The third-order valence-electron chi connectivity index (χ3n) is 3.10. The molecular formula is C11H18F3N3O2. The number of amides is 3. The quantitative estimate of drug-likeness (QED) is 0.814. The average molecular weight is 281 g/mol. The number of nitrogens with one attached hydrogen (secondary N) is 2. The van der Waals surface area contributed by atoms with Crippen molar-refractivity contribution in [1.82, 2.24) is 15.5 Å². The van der Waals surface area contributed by atoms with Crippen molar-refractivity contribution in [3.05, 3.63) is 0 Å². The Bertz CT molecular complexity index is 334. The monoisotopic (exact) mass is 281 g/mol. The zero-order valence-electron chi connectivity index (χ0n) is 10.7. The lowest BCUT2D eigenvalue weighted by Crippen LogP contribution is -2.44. The molecule has 0 aromatic heterocycles. The number of piperidine rings is 1. The van der Waals surface area contributed by atoms with E-state index in [0.717, 1.165) is 0 Å². The highest BCUT2D eigenvalue weighted by atomic mass is 19.4. The number of rotatable bonds is 3. The van der Waals surface area contributed by atoms with Crippen molar-refractivity contribution in [2.45, 2.75) is 25.4 Å². The molecule has 110 valence electrons. The van der Waals surface area contributed by atoms with Crippen LogP contribution in [-0.4, -0.2) is 49.7 Å². The molecular weight excluding hydrogens is 263 g/mol. The van der Waals surface area contributed by atoms with Gasteiger partial charge in [-0.25, -0.2) is 4.79 Å². The second-order valence-corrected chi connectivity index (χ2v) is 4.56. The number of hydrogen-bond donors (Lipinski definition) is 2. The summed E-state index contributed by atoms with van der Waals surface area (Å²) < 4.78 is 37.7. The maximum atomic E-state index is 12.6. The number of alkyl halides is 3. The normalized spacial score (nSPS) is 20.9. The molecule has 0 bridgehead atoms. The minimum absolute atomic E-state index is 0.0119. The maximum absolute atomic E-state index is 12.6. The van der Waals surface area contributed by atoms with Crippen LogP contribution in [-0.2, 0) is 4.79 Å². The van der Waals surface area contributed by atoms with Gasteiger partial charge in [-0.15, -0.1) is 0 Å². The van der Waals surface area contributed by atoms with E-state index in [4.69, 9.17) is 0 Å². The largest absolute Gasteiger partial charge is 0.393 e. The molecule has 1 atom stereocenters. The molecule has 1 aliphatic heterocycles. The van der Waals surface area contributed by atoms with Gasteiger partial charge in [0.25, 0.3) is 0 Å². The van der Waals surface area contributed by atoms with Crippen molar-refractivity contribution in [3.63, 3.8) is 0 Å². The zero-order valence-corrected chi connectivity index (χ0v) is 10.7. The van der Waals surface area contributed by atoms with E-state index in [1.807, 2.05) is 0 Å². The van der Waals surface area contributed by atoms with Gasteiger partial charge in [-0.2, -0.15) is 13.2 Å². The van der Waals surface area contributed by atoms with E-state index in [-0.39, 0.29) is 25.9 Å². The number of carbonyl (C=O) groups excluding carboxylic acids is 2. The topological polar surface area (TPSA) is 61.4 Å². The van der Waals surface area contributed by atoms with E-state index >= 15 is 0 Å². The standard InChI is InChI=1S/C11H18F3N3O2/c1-15-10(19)16-9(18)4-6-17-5-2-3-8(7-17)11(12,13)14/h8H,2-7H2,1H3,(H2,15,16,18,19). The van der Waals surface area contributed by atoms with Crippen molar-refractivity contribution in [3.8, 4) is 0 Å². The van der Waals surface area contributed by atoms with Crippen LogP contribution >= 0.6 is 0 Å². The van der Waals surface area contributed by atoms with Crippen molar-refractivity contribution < 1.29 is 22.8 Å². The Balaban J connectivity index is 2.33. The summed E-state index contributed by atoms with van der Waals surface area (Å²) in [7, 11) is 1.38. The molecule has 1 fully saturated rings. The third-order valence-corrected chi connectivity index (χ3v) is 3.10. The van der Waals surface area contributed by atoms with Crippen LogP contribution in [0.4, 0.5) is 18.0 Å². The molecule has 8 heteroatoms. The van der Waals surface area contributed by atoms with Gasteiger partial charge >= 0.3 is 12.2 Å². The summed E-state index contributed by atoms with van der Waals surface area (Å²) in [6.45, 7) is 0.714. The van der Waals surface area contributed by atoms with Crippen molar-refractivity contribution in [1.29, 1.82) is 0 Å². The summed E-state index contributed by atoms with van der Waals surface area (Å²) in [6, 6.07) is -0.614. The molecule has 1 aliphatic rings. The van der Waals surface area contributed by atoms with Crippen LogP contribution in [0.3, 0.4) is 0 Å². The number of urea groups is 1. The summed E-state index contributed by atoms with van der Waals surface area (Å²) >= 11 is 0. The van der Waals surface area contributed by atoms with Gasteiger partial charge in [0.05, 0.1) is 5.92 Å². The van der Waals surface area contributed by atoms with Gasteiger partial charge in [-0.1, -0.05) is 0 Å². The summed E-state index contributed by atoms with van der Waals surface area (Å²) in [5, 5.41) is 4.30. The van der Waals surface area contributed by atoms with Crippen molar-refractivity contribution in [2.75, 3.05) is 26.7 Å². The molecule has 3 amide bonds. The van der Waals surface area contributed by atoms with Crippen LogP contribution in [0.1, 0.15) is 19.3 Å². The fourth-order valence-corrected chi connectivity index (χ4v) is 2.04. The average Bonchev–Trinajstić information content (AvgIpc) is 2.35. The first-order valence-corrected chi connectivity index (χ1v) is 6.13. The molecule has 19 heavy (non-hydrogen) atoms. The van der Waals surface area contributed by atoms with E-state index in [9.17, 15) is 22.8 Å². The summed E-state index contributed by atoms with van der Waals surface area (Å²) in [4.78, 5) is 23.8. The molecule has 2 N–H and O–H groups in total. The molecule has 1 unspecified atom stereocenters. The SMILES string of the molecule is CNC(=O)NC(=O)CCN1CCCC(C(F)(F)F)C1. The Kier molecular flexibility index (Phi) is 5.59. The predicted molar refractivity (Wildman–Crippen MR) is 62.4 cm³/mol. The highest BCUT2D eigenvalue weighted by Gasteiger charge is 2.41. The van der Waals surface area contributed by atoms with Gasteiger partial charge in [-0.3, -0.25) is 10.1 Å². The molecule has 0 aromatic rings. The Hall–Kier alpha value is -1.31. The molecule has 0 radical (unpaired) electrons. The van der Waals surface area contributed by atoms with Crippen molar-refractivity contribution >= 4 is 11.9 Å². The first-order chi connectivity index (χ1) is 8.82. The molecule has 1 rings (SSSR count). The van der Waals surface area contributed by atoms with Crippen LogP contribution in [0.15, 0.2) is 0 Å². The van der Waals surface area contributed by atoms with Crippen LogP contribution < -0.4 is 10.6 Å². The second-order valence-electron chi connectivity index (χ2n) is 4.56. The minimum Gasteiger partial charge on any atom is -0.341 e. The number of carbonyl (C=O) groups is 2. The Labute approximate surface area is 109 Å². The lowest BCUT2D eigenvalue weighted by Gasteiger charge is -2.33. The lowest BCUT2D eigenvalue weighted by atomic mass is 9.97. The Morgan fingerprint density at radius 1 is 1.37 bits per heavy atom. The number of hydrogen-bond acceptors (Lipinski definition) is 3. The number of imide groups is 1. The zero-order chi connectivity index (χ0) is 14.5. The third kappa shape index (κ3) is 5.46. The van der Waals surface area contributed by atoms with Gasteiger partial charge in [0.1, 0.15) is 0 Å². The minimum atomic E-state index is -4.18. The predicted octanol–water partition coefficient (Wildman–Crippen LogP) is 1.11. The second kappa shape index (κ2) is 6.74. The molecule has 0 spiro atoms. The van der Waals surface area contributed by atoms with Crippen molar-refractivity contribution in [2.24, 2.45) is 5.92 Å². The molecule has 0 aliphatic carbocycles. The first kappa shape index (κ1) is 15.7. The smallest absolute Gasteiger partial charge is 0.341 e. The fourth-order valence-electron chi connectivity index (χ4n) is 2.04. The highest BCUT2D eigenvalue weighted by Crippen LogP contribution is 2.32. The van der Waals surface area contributed by atoms with E-state index in [2.05, 4.69) is 10.6 Å². The molecule has 0 aromatic carbocycles. The number of nitrogens with zero attached hydrogens (tertiary/aromatic N) is 1. The fraction of sp³-hybridized carbons (Fsp3) is 0.818. The maximum Gasteiger partial charge on any atom is 0.393 e. The van der Waals surface area contributed by atoms with Gasteiger partial charge in [0, 0.05) is 26.6 Å². The van der Waals surface area contributed by atoms with Crippen LogP contribution in [0.25, 0.3) is 0 Å². The Morgan fingerprint density at radius 3 is 2.63 bits per heavy atom. The summed E-state index contributed by atoms with van der Waals surface area (Å²) in [6.07, 6.45) is -3.55. The molecule has 1 saturated heterocycles. The molecule has 1 heterocycles. The van der Waals surface area contributed by atoms with Crippen LogP contribution in [0, 0.1) is 5.92 Å². The summed E-state index contributed by atoms with van der Waals surface area (Å²) in [5.74, 6) is -1.81. The first-order valence-electron chi connectivity index (χ1n) is 6.13. The van der Waals surface area contributed by atoms with E-state index in [1.54, 1.807) is 4.90 Å². The van der Waals surface area contributed by atoms with Crippen LogP contribution in [0.5, 0.6) is 0 Å². The van der Waals surface area contributed by atoms with Gasteiger partial charge in [0.15, 0.2) is 0 Å². The Morgan fingerprint density at radius 2 is 2.05 bits per heavy atom. The van der Waals surface area contributed by atoms with Gasteiger partial charge in [-0.05, 0) is 19.4 Å². The number of halogens is 3. The lowest BCUT2D eigenvalue weighted by molar-refractivity contribution is -0.186. The molecule has 0 saturated carbocycles. The van der Waals surface area contributed by atoms with Gasteiger partial charge in [0.2, 0.25) is 5.91 Å². The van der Waals surface area contributed by atoms with Gasteiger partial charge < -0.3 is 10.2 Å². The van der Waals surface area contributed by atoms with E-state index in [1.165, 1.54) is 7.05 Å².